The summed E-state index contributed by atoms with van der Waals surface area (Å²) in [6, 6.07) is 9.18. The van der Waals surface area contributed by atoms with Crippen LogP contribution < -0.4 is 10.1 Å². The topological polar surface area (TPSA) is 101 Å². The highest BCUT2D eigenvalue weighted by atomic mass is 35.5. The Balaban J connectivity index is 1.98. The van der Waals surface area contributed by atoms with Crippen molar-refractivity contribution in [1.29, 1.82) is 0 Å². The quantitative estimate of drug-likeness (QED) is 0.874. The maximum atomic E-state index is 11.9. The van der Waals surface area contributed by atoms with Gasteiger partial charge in [0.2, 0.25) is 0 Å². The lowest BCUT2D eigenvalue weighted by Crippen LogP contribution is -2.14. The number of hydrogen-bond acceptors (Lipinski definition) is 5. The van der Waals surface area contributed by atoms with Gasteiger partial charge in [-0.05, 0) is 36.4 Å². The van der Waals surface area contributed by atoms with Crippen molar-refractivity contribution in [1.82, 2.24) is 10.2 Å². The van der Waals surface area contributed by atoms with Gasteiger partial charge in [0.25, 0.3) is 5.91 Å². The molecule has 0 aliphatic heterocycles. The summed E-state index contributed by atoms with van der Waals surface area (Å²) in [6.07, 6.45) is 0. The van der Waals surface area contributed by atoms with E-state index in [-0.39, 0.29) is 10.8 Å². The average molecular weight is 308 g/mol. The number of nitrogens with one attached hydrogen (secondary N) is 1. The molecule has 0 radical (unpaired) electrons. The van der Waals surface area contributed by atoms with Crippen LogP contribution in [0.2, 0.25) is 5.15 Å². The summed E-state index contributed by atoms with van der Waals surface area (Å²) < 4.78 is 4.98. The molecular weight excluding hydrogens is 298 g/mol. The van der Waals surface area contributed by atoms with E-state index in [1.807, 2.05) is 0 Å². The first-order valence-corrected chi connectivity index (χ1v) is 6.17. The molecule has 108 valence electrons. The van der Waals surface area contributed by atoms with E-state index in [1.54, 1.807) is 24.3 Å². The van der Waals surface area contributed by atoms with Crippen LogP contribution in [-0.4, -0.2) is 33.8 Å². The summed E-state index contributed by atoms with van der Waals surface area (Å²) in [4.78, 5) is 22.2. The van der Waals surface area contributed by atoms with Gasteiger partial charge in [-0.25, -0.2) is 4.79 Å². The SMILES string of the molecule is O=C(O)COc1ccc(NC(=O)c2ccc(Cl)nn2)cc1. The summed E-state index contributed by atoms with van der Waals surface area (Å²) >= 11 is 5.58. The molecule has 21 heavy (non-hydrogen) atoms. The van der Waals surface area contributed by atoms with Crippen molar-refractivity contribution in [3.05, 3.63) is 47.2 Å². The van der Waals surface area contributed by atoms with Crippen LogP contribution in [0, 0.1) is 0 Å². The Morgan fingerprint density at radius 1 is 1.14 bits per heavy atom. The fraction of sp³-hybridized carbons (Fsp3) is 0.0769. The number of ether oxygens (including phenoxy) is 1. The molecule has 2 aromatic rings. The van der Waals surface area contributed by atoms with E-state index in [1.165, 1.54) is 12.1 Å². The second kappa shape index (κ2) is 6.67. The average Bonchev–Trinajstić information content (AvgIpc) is 2.47. The molecule has 0 bridgehead atoms. The van der Waals surface area contributed by atoms with Gasteiger partial charge < -0.3 is 15.2 Å². The maximum absolute atomic E-state index is 11.9. The van der Waals surface area contributed by atoms with Crippen LogP contribution in [0.1, 0.15) is 10.5 Å². The number of rotatable bonds is 5. The number of aliphatic carboxylic acids is 1. The van der Waals surface area contributed by atoms with E-state index in [4.69, 9.17) is 21.4 Å². The zero-order valence-corrected chi connectivity index (χ0v) is 11.4. The first-order valence-electron chi connectivity index (χ1n) is 5.80. The van der Waals surface area contributed by atoms with Gasteiger partial charge in [-0.15, -0.1) is 10.2 Å². The number of carboxylic acid groups (broad SMARTS) is 1. The van der Waals surface area contributed by atoms with Gasteiger partial charge in [-0.2, -0.15) is 0 Å². The zero-order valence-electron chi connectivity index (χ0n) is 10.6. The van der Waals surface area contributed by atoms with E-state index >= 15 is 0 Å². The lowest BCUT2D eigenvalue weighted by Gasteiger charge is -2.06. The van der Waals surface area contributed by atoms with Crippen molar-refractivity contribution in [3.63, 3.8) is 0 Å². The number of halogens is 1. The van der Waals surface area contributed by atoms with Crippen molar-refractivity contribution in [2.45, 2.75) is 0 Å². The molecule has 0 fully saturated rings. The van der Waals surface area contributed by atoms with Crippen molar-refractivity contribution in [2.24, 2.45) is 0 Å². The lowest BCUT2D eigenvalue weighted by atomic mass is 10.3. The van der Waals surface area contributed by atoms with E-state index in [0.29, 0.717) is 11.4 Å². The second-order valence-electron chi connectivity index (χ2n) is 3.90. The van der Waals surface area contributed by atoms with Gasteiger partial charge in [0.1, 0.15) is 5.75 Å². The number of carbonyl (C=O) groups is 2. The zero-order chi connectivity index (χ0) is 15.2. The van der Waals surface area contributed by atoms with Gasteiger partial charge in [0.15, 0.2) is 17.5 Å². The number of hydrogen-bond donors (Lipinski definition) is 2. The monoisotopic (exact) mass is 307 g/mol. The van der Waals surface area contributed by atoms with Crippen LogP contribution in [0.3, 0.4) is 0 Å². The molecular formula is C13H10ClN3O4. The Morgan fingerprint density at radius 3 is 2.43 bits per heavy atom. The molecule has 0 saturated carbocycles. The van der Waals surface area contributed by atoms with Gasteiger partial charge in [0, 0.05) is 5.69 Å². The Hall–Kier alpha value is -2.67. The van der Waals surface area contributed by atoms with Crippen LogP contribution in [0.15, 0.2) is 36.4 Å². The smallest absolute Gasteiger partial charge is 0.341 e. The van der Waals surface area contributed by atoms with Gasteiger partial charge in [0.05, 0.1) is 0 Å². The van der Waals surface area contributed by atoms with Crippen molar-refractivity contribution < 1.29 is 19.4 Å². The molecule has 0 aliphatic carbocycles. The Kier molecular flexibility index (Phi) is 4.68. The van der Waals surface area contributed by atoms with Crippen LogP contribution >= 0.6 is 11.6 Å². The molecule has 0 saturated heterocycles. The summed E-state index contributed by atoms with van der Waals surface area (Å²) in [7, 11) is 0. The van der Waals surface area contributed by atoms with Crippen LogP contribution in [0.4, 0.5) is 5.69 Å². The standard InChI is InChI=1S/C13H10ClN3O4/c14-11-6-5-10(16-17-11)13(20)15-8-1-3-9(4-2-8)21-7-12(18)19/h1-6H,7H2,(H,15,20)(H,18,19). The predicted octanol–water partition coefficient (Wildman–Crippen LogP) is 1.85. The molecule has 1 aromatic heterocycles. The first-order chi connectivity index (χ1) is 10.0. The van der Waals surface area contributed by atoms with Crippen LogP contribution in [-0.2, 0) is 4.79 Å². The molecule has 0 atom stereocenters. The number of carboxylic acids is 1. The van der Waals surface area contributed by atoms with Gasteiger partial charge >= 0.3 is 5.97 Å². The second-order valence-corrected chi connectivity index (χ2v) is 4.29. The number of benzene rings is 1. The molecule has 8 heteroatoms. The third kappa shape index (κ3) is 4.43. The summed E-state index contributed by atoms with van der Waals surface area (Å²) in [5.41, 5.74) is 0.644. The fourth-order valence-corrected chi connectivity index (χ4v) is 1.51. The highest BCUT2D eigenvalue weighted by molar-refractivity contribution is 6.29. The Labute approximate surface area is 124 Å². The van der Waals surface area contributed by atoms with Crippen LogP contribution in [0.25, 0.3) is 0 Å². The molecule has 2 rings (SSSR count). The molecule has 0 unspecified atom stereocenters. The van der Waals surface area contributed by atoms with E-state index in [0.717, 1.165) is 0 Å². The number of anilines is 1. The Morgan fingerprint density at radius 2 is 1.86 bits per heavy atom. The third-order valence-electron chi connectivity index (χ3n) is 2.34. The molecule has 1 heterocycles. The minimum absolute atomic E-state index is 0.130. The first kappa shape index (κ1) is 14.7. The van der Waals surface area contributed by atoms with Crippen molar-refractivity contribution in [2.75, 3.05) is 11.9 Å². The minimum Gasteiger partial charge on any atom is -0.482 e. The molecule has 2 N–H and O–H groups in total. The lowest BCUT2D eigenvalue weighted by molar-refractivity contribution is -0.139. The number of carbonyl (C=O) groups excluding carboxylic acids is 1. The van der Waals surface area contributed by atoms with Crippen LogP contribution in [0.5, 0.6) is 5.75 Å². The number of nitrogens with zero attached hydrogens (tertiary/aromatic N) is 2. The Bertz CT molecular complexity index is 643. The van der Waals surface area contributed by atoms with E-state index in [2.05, 4.69) is 15.5 Å². The van der Waals surface area contributed by atoms with Crippen molar-refractivity contribution in [3.8, 4) is 5.75 Å². The molecule has 0 spiro atoms. The molecule has 7 nitrogen and oxygen atoms in total. The molecule has 0 aliphatic rings. The van der Waals surface area contributed by atoms with Crippen molar-refractivity contribution >= 4 is 29.2 Å². The summed E-state index contributed by atoms with van der Waals surface area (Å²) in [5, 5.41) is 18.5. The summed E-state index contributed by atoms with van der Waals surface area (Å²) in [6.45, 7) is -0.425. The highest BCUT2D eigenvalue weighted by Gasteiger charge is 2.08. The van der Waals surface area contributed by atoms with E-state index in [9.17, 15) is 9.59 Å². The van der Waals surface area contributed by atoms with Gasteiger partial charge in [-0.3, -0.25) is 4.79 Å². The van der Waals surface area contributed by atoms with E-state index < -0.39 is 18.5 Å². The van der Waals surface area contributed by atoms with Gasteiger partial charge in [-0.1, -0.05) is 11.6 Å². The number of amides is 1. The third-order valence-corrected chi connectivity index (χ3v) is 2.54. The largest absolute Gasteiger partial charge is 0.482 e. The molecule has 1 aromatic carbocycles. The predicted molar refractivity (Wildman–Crippen MR) is 74.6 cm³/mol. The normalized spacial score (nSPS) is 9.95. The fourth-order valence-electron chi connectivity index (χ4n) is 1.41. The minimum atomic E-state index is -1.06. The maximum Gasteiger partial charge on any atom is 0.341 e. The molecule has 1 amide bonds. The highest BCUT2D eigenvalue weighted by Crippen LogP contribution is 2.16. The number of aromatic nitrogens is 2. The summed E-state index contributed by atoms with van der Waals surface area (Å²) in [5.74, 6) is -1.10.